The lowest BCUT2D eigenvalue weighted by molar-refractivity contribution is -0.128. The first-order chi connectivity index (χ1) is 22.8. The van der Waals surface area contributed by atoms with Gasteiger partial charge in [-0.25, -0.2) is 18.0 Å². The van der Waals surface area contributed by atoms with Gasteiger partial charge in [0.2, 0.25) is 11.8 Å². The van der Waals surface area contributed by atoms with Crippen LogP contribution in [0.25, 0.3) is 11.1 Å². The fourth-order valence-electron chi connectivity index (χ4n) is 5.58. The van der Waals surface area contributed by atoms with Gasteiger partial charge in [0, 0.05) is 18.2 Å². The number of nitrogens with two attached hydrogens (primary N) is 1. The third kappa shape index (κ3) is 8.87. The quantitative estimate of drug-likeness (QED) is 0.108. The van der Waals surface area contributed by atoms with Crippen molar-refractivity contribution in [2.24, 2.45) is 11.7 Å². The molecule has 0 aliphatic heterocycles. The molecule has 2 atom stereocenters. The first-order valence-electron chi connectivity index (χ1n) is 15.3. The van der Waals surface area contributed by atoms with Crippen LogP contribution in [0.5, 0.6) is 0 Å². The molecule has 0 saturated heterocycles. The minimum atomic E-state index is -4.98. The molecule has 0 aromatic heterocycles. The van der Waals surface area contributed by atoms with Crippen molar-refractivity contribution >= 4 is 39.7 Å². The Labute approximate surface area is 278 Å². The highest BCUT2D eigenvalue weighted by Gasteiger charge is 2.32. The number of aliphatic hydroxyl groups is 1. The third-order valence-electron chi connectivity index (χ3n) is 7.94. The molecule has 0 spiro atoms. The molecular formula is C33H38N5O9S-. The molecule has 0 unspecified atom stereocenters. The van der Waals surface area contributed by atoms with E-state index in [0.29, 0.717) is 0 Å². The highest BCUT2D eigenvalue weighted by atomic mass is 32.2. The molecule has 3 aromatic carbocycles. The maximum absolute atomic E-state index is 13.5. The average molecular weight is 681 g/mol. The van der Waals surface area contributed by atoms with Crippen molar-refractivity contribution in [1.82, 2.24) is 16.0 Å². The van der Waals surface area contributed by atoms with E-state index in [0.717, 1.165) is 28.3 Å². The molecule has 48 heavy (non-hydrogen) atoms. The number of carbonyl (C=O) groups is 4. The number of carbonyl (C=O) groups excluding carboxylic acids is 4. The lowest BCUT2D eigenvalue weighted by Crippen LogP contribution is -2.54. The number of hydrogen-bond donors (Lipinski definition) is 6. The predicted octanol–water partition coefficient (Wildman–Crippen LogP) is 2.52. The summed E-state index contributed by atoms with van der Waals surface area (Å²) >= 11 is 0. The van der Waals surface area contributed by atoms with Gasteiger partial charge in [0.1, 0.15) is 28.8 Å². The molecule has 0 radical (unpaired) electrons. The number of amides is 5. The summed E-state index contributed by atoms with van der Waals surface area (Å²) in [7, 11) is -4.98. The molecule has 1 aliphatic carbocycles. The van der Waals surface area contributed by atoms with E-state index in [4.69, 9.17) is 10.5 Å². The fraction of sp³-hybridized carbons (Fsp3) is 0.333. The van der Waals surface area contributed by atoms with Crippen molar-refractivity contribution in [3.8, 4) is 11.1 Å². The molecule has 1 aliphatic rings. The Morgan fingerprint density at radius 3 is 2.12 bits per heavy atom. The second-order valence-corrected chi connectivity index (χ2v) is 13.0. The molecule has 15 heteroatoms. The monoisotopic (exact) mass is 680 g/mol. The number of alkyl carbamates (subject to hydrolysis) is 1. The first-order valence-corrected chi connectivity index (χ1v) is 16.7. The Bertz CT molecular complexity index is 1730. The van der Waals surface area contributed by atoms with E-state index >= 15 is 0 Å². The van der Waals surface area contributed by atoms with Crippen molar-refractivity contribution in [3.63, 3.8) is 0 Å². The van der Waals surface area contributed by atoms with Gasteiger partial charge in [0.25, 0.3) is 0 Å². The molecule has 0 fully saturated rings. The summed E-state index contributed by atoms with van der Waals surface area (Å²) in [5.74, 6) is -2.08. The number of fused-ring (bicyclic) bond motifs is 3. The van der Waals surface area contributed by atoms with E-state index in [1.54, 1.807) is 13.8 Å². The van der Waals surface area contributed by atoms with Crippen molar-refractivity contribution in [1.29, 1.82) is 0 Å². The summed E-state index contributed by atoms with van der Waals surface area (Å²) in [5.41, 5.74) is 9.06. The Morgan fingerprint density at radius 1 is 0.938 bits per heavy atom. The molecule has 4 rings (SSSR count). The van der Waals surface area contributed by atoms with Crippen molar-refractivity contribution in [3.05, 3.63) is 83.4 Å². The van der Waals surface area contributed by atoms with Crippen LogP contribution in [-0.2, 0) is 31.1 Å². The number of rotatable bonds is 14. The van der Waals surface area contributed by atoms with Crippen LogP contribution in [0, 0.1) is 5.92 Å². The number of aliphatic hydroxyl groups excluding tert-OH is 1. The molecule has 5 amide bonds. The Kier molecular flexibility index (Phi) is 11.8. The van der Waals surface area contributed by atoms with Crippen molar-refractivity contribution in [2.75, 3.05) is 18.5 Å². The third-order valence-corrected chi connectivity index (χ3v) is 8.86. The zero-order chi connectivity index (χ0) is 35.0. The van der Waals surface area contributed by atoms with Crippen LogP contribution in [0.2, 0.25) is 0 Å². The summed E-state index contributed by atoms with van der Waals surface area (Å²) in [6.45, 7) is 2.80. The SMILES string of the molecule is CC(C)[C@H](NC(=O)OCC1c2ccccc2-c2ccccc21)C(=O)N[C@@H](CCCNC(N)=O)C(=O)Nc1ccc(CO)c(S(=O)(=O)[O-])c1. The first kappa shape index (κ1) is 35.9. The van der Waals surface area contributed by atoms with Crippen molar-refractivity contribution < 1.29 is 42.0 Å². The molecule has 256 valence electrons. The molecule has 7 N–H and O–H groups in total. The van der Waals surface area contributed by atoms with E-state index in [9.17, 15) is 37.3 Å². The standard InChI is InChI=1S/C33H39N5O9S/c1-19(2)29(38-33(43)47-18-26-24-10-5-3-8-22(24)23-9-4-6-11-25(23)26)31(41)37-27(12-7-15-35-32(34)42)30(40)36-21-14-13-20(17-39)28(16-21)48(44,45)46/h3-6,8-11,13-14,16,19,26-27,29,39H,7,12,15,17-18H2,1-2H3,(H,36,40)(H,37,41)(H,38,43)(H3,34,35,42)(H,44,45,46)/p-1/t27-,29-/m0/s1. The minimum Gasteiger partial charge on any atom is -0.744 e. The molecule has 0 heterocycles. The van der Waals surface area contributed by atoms with Crippen LogP contribution in [0.15, 0.2) is 71.6 Å². The zero-order valence-electron chi connectivity index (χ0n) is 26.4. The van der Waals surface area contributed by atoms with Crippen LogP contribution in [0.1, 0.15) is 49.3 Å². The number of urea groups is 1. The largest absolute Gasteiger partial charge is 0.744 e. The predicted molar refractivity (Wildman–Crippen MR) is 175 cm³/mol. The Hall–Kier alpha value is -4.99. The summed E-state index contributed by atoms with van der Waals surface area (Å²) in [5, 5.41) is 19.5. The Morgan fingerprint density at radius 2 is 1.56 bits per heavy atom. The van der Waals surface area contributed by atoms with Gasteiger partial charge < -0.3 is 41.4 Å². The second-order valence-electron chi connectivity index (χ2n) is 11.6. The molecule has 14 nitrogen and oxygen atoms in total. The molecule has 3 aromatic rings. The maximum atomic E-state index is 13.5. The lowest BCUT2D eigenvalue weighted by atomic mass is 9.98. The van der Waals surface area contributed by atoms with Gasteiger partial charge in [-0.15, -0.1) is 0 Å². The average Bonchev–Trinajstić information content (AvgIpc) is 3.36. The van der Waals surface area contributed by atoms with E-state index in [1.807, 2.05) is 48.5 Å². The lowest BCUT2D eigenvalue weighted by Gasteiger charge is -2.25. The van der Waals surface area contributed by atoms with Gasteiger partial charge in [0.15, 0.2) is 0 Å². The Balaban J connectivity index is 1.45. The summed E-state index contributed by atoms with van der Waals surface area (Å²) in [6, 6.07) is 16.0. The summed E-state index contributed by atoms with van der Waals surface area (Å²) < 4.78 is 40.7. The highest BCUT2D eigenvalue weighted by Crippen LogP contribution is 2.44. The van der Waals surface area contributed by atoms with E-state index in [1.165, 1.54) is 12.1 Å². The van der Waals surface area contributed by atoms with Crippen LogP contribution in [-0.4, -0.2) is 67.3 Å². The molecular weight excluding hydrogens is 642 g/mol. The van der Waals surface area contributed by atoms with Gasteiger partial charge in [-0.1, -0.05) is 68.4 Å². The topological polar surface area (TPSA) is 229 Å². The van der Waals surface area contributed by atoms with Crippen LogP contribution >= 0.6 is 0 Å². The molecule has 0 saturated carbocycles. The van der Waals surface area contributed by atoms with Gasteiger partial charge in [-0.3, -0.25) is 9.59 Å². The highest BCUT2D eigenvalue weighted by molar-refractivity contribution is 7.85. The fourth-order valence-corrected chi connectivity index (χ4v) is 6.30. The van der Waals surface area contributed by atoms with Crippen LogP contribution in [0.3, 0.4) is 0 Å². The maximum Gasteiger partial charge on any atom is 0.407 e. The van der Waals surface area contributed by atoms with E-state index in [-0.39, 0.29) is 43.2 Å². The number of anilines is 1. The van der Waals surface area contributed by atoms with Crippen LogP contribution in [0.4, 0.5) is 15.3 Å². The van der Waals surface area contributed by atoms with Gasteiger partial charge in [-0.05, 0) is 58.7 Å². The second kappa shape index (κ2) is 15.7. The number of nitrogens with one attached hydrogen (secondary N) is 4. The number of hydrogen-bond acceptors (Lipinski definition) is 9. The smallest absolute Gasteiger partial charge is 0.407 e. The van der Waals surface area contributed by atoms with Gasteiger partial charge >= 0.3 is 12.1 Å². The molecule has 0 bridgehead atoms. The van der Waals surface area contributed by atoms with E-state index < -0.39 is 63.6 Å². The minimum absolute atomic E-state index is 0.00898. The zero-order valence-corrected chi connectivity index (χ0v) is 27.2. The van der Waals surface area contributed by atoms with Gasteiger partial charge in [-0.2, -0.15) is 0 Å². The number of benzene rings is 3. The number of primary amides is 1. The summed E-state index contributed by atoms with van der Waals surface area (Å²) in [6.07, 6.45) is -0.612. The normalized spacial score (nSPS) is 13.5. The van der Waals surface area contributed by atoms with Crippen molar-refractivity contribution in [2.45, 2.75) is 56.2 Å². The van der Waals surface area contributed by atoms with Crippen LogP contribution < -0.4 is 27.0 Å². The number of ether oxygens (including phenoxy) is 1. The van der Waals surface area contributed by atoms with Gasteiger partial charge in [0.05, 0.1) is 11.5 Å². The van der Waals surface area contributed by atoms with E-state index in [2.05, 4.69) is 21.3 Å². The summed E-state index contributed by atoms with van der Waals surface area (Å²) in [4.78, 5) is 50.2.